The number of H-pyrrole nitrogens is 1. The molecular weight excluding hydrogens is 356 g/mol. The maximum atomic E-state index is 13.1. The van der Waals surface area contributed by atoms with Crippen molar-refractivity contribution in [3.8, 4) is 0 Å². The number of aromatic nitrogens is 3. The predicted molar refractivity (Wildman–Crippen MR) is 107 cm³/mol. The molecule has 2 atom stereocenters. The van der Waals surface area contributed by atoms with Gasteiger partial charge in [0.25, 0.3) is 5.91 Å². The van der Waals surface area contributed by atoms with Gasteiger partial charge in [-0.25, -0.2) is 0 Å². The molecule has 1 aromatic heterocycles. The van der Waals surface area contributed by atoms with E-state index < -0.39 is 0 Å². The lowest BCUT2D eigenvalue weighted by atomic mass is 9.88. The van der Waals surface area contributed by atoms with E-state index in [1.165, 1.54) is 6.42 Å². The number of carbonyl (C=O) groups excluding carboxylic acids is 1. The number of nitrogens with zero attached hydrogens (tertiary/aromatic N) is 5. The topological polar surface area (TPSA) is 88.6 Å². The Labute approximate surface area is 165 Å². The van der Waals surface area contributed by atoms with Crippen molar-refractivity contribution >= 4 is 16.9 Å². The molecule has 4 rings (SSSR count). The van der Waals surface area contributed by atoms with Crippen LogP contribution in [0.5, 0.6) is 0 Å². The van der Waals surface area contributed by atoms with Gasteiger partial charge in [-0.05, 0) is 63.0 Å². The Kier molecular flexibility index (Phi) is 5.89. The molecule has 8 heteroatoms. The van der Waals surface area contributed by atoms with E-state index in [4.69, 9.17) is 0 Å². The second-order valence-corrected chi connectivity index (χ2v) is 8.35. The van der Waals surface area contributed by atoms with Crippen molar-refractivity contribution in [1.29, 1.82) is 0 Å². The molecule has 2 aliphatic rings. The molecule has 152 valence electrons. The predicted octanol–water partition coefficient (Wildman–Crippen LogP) is 0.666. The van der Waals surface area contributed by atoms with Crippen LogP contribution in [0.25, 0.3) is 11.0 Å². The highest BCUT2D eigenvalue weighted by atomic mass is 16.3. The Morgan fingerprint density at radius 3 is 2.82 bits per heavy atom. The number of amides is 1. The van der Waals surface area contributed by atoms with Crippen molar-refractivity contribution in [2.75, 3.05) is 59.5 Å². The zero-order chi connectivity index (χ0) is 19.5. The van der Waals surface area contributed by atoms with Crippen molar-refractivity contribution in [3.05, 3.63) is 23.8 Å². The average Bonchev–Trinajstić information content (AvgIpc) is 3.09. The standard InChI is InChI=1S/C20H30N6O2/c1-24-5-2-6-25(8-7-24)11-15-9-16(14-27)13-26(12-15)20(28)17-3-4-18-19(10-17)22-23-21-18/h3-4,10,15-16,27H,2,5-9,11-14H2,1H3,(H,21,22,23). The molecule has 0 radical (unpaired) electrons. The summed E-state index contributed by atoms with van der Waals surface area (Å²) in [7, 11) is 2.18. The van der Waals surface area contributed by atoms with Gasteiger partial charge in [-0.2, -0.15) is 15.4 Å². The number of likely N-dealkylation sites (N-methyl/N-ethyl adjacent to an activating group) is 1. The normalized spacial score (nSPS) is 25.1. The molecule has 28 heavy (non-hydrogen) atoms. The van der Waals surface area contributed by atoms with Crippen LogP contribution >= 0.6 is 0 Å². The van der Waals surface area contributed by atoms with Crippen LogP contribution in [0.2, 0.25) is 0 Å². The van der Waals surface area contributed by atoms with E-state index in [-0.39, 0.29) is 18.4 Å². The lowest BCUT2D eigenvalue weighted by Crippen LogP contribution is -2.48. The third-order valence-electron chi connectivity index (χ3n) is 6.06. The maximum Gasteiger partial charge on any atom is 0.253 e. The molecule has 3 heterocycles. The number of aliphatic hydroxyl groups excluding tert-OH is 1. The number of benzene rings is 1. The molecule has 0 saturated carbocycles. The van der Waals surface area contributed by atoms with E-state index in [0.717, 1.165) is 51.2 Å². The third kappa shape index (κ3) is 4.34. The van der Waals surface area contributed by atoms with Gasteiger partial charge < -0.3 is 19.8 Å². The van der Waals surface area contributed by atoms with Crippen molar-refractivity contribution in [1.82, 2.24) is 30.1 Å². The van der Waals surface area contributed by atoms with Gasteiger partial charge in [0.05, 0.1) is 0 Å². The number of nitrogens with one attached hydrogen (secondary N) is 1. The Hall–Kier alpha value is -2.03. The summed E-state index contributed by atoms with van der Waals surface area (Å²) in [5, 5.41) is 20.5. The fourth-order valence-electron chi connectivity index (χ4n) is 4.55. The SMILES string of the molecule is CN1CCCN(CC2CC(CO)CN(C(=O)c3ccc4n[nH]nc4c3)C2)CC1. The van der Waals surface area contributed by atoms with E-state index in [9.17, 15) is 9.90 Å². The first-order valence-electron chi connectivity index (χ1n) is 10.2. The summed E-state index contributed by atoms with van der Waals surface area (Å²) in [6.07, 6.45) is 2.17. The van der Waals surface area contributed by atoms with Crippen LogP contribution in [0.15, 0.2) is 18.2 Å². The molecular formula is C20H30N6O2. The first-order valence-corrected chi connectivity index (χ1v) is 10.2. The smallest absolute Gasteiger partial charge is 0.253 e. The second-order valence-electron chi connectivity index (χ2n) is 8.35. The van der Waals surface area contributed by atoms with Crippen LogP contribution in [-0.2, 0) is 0 Å². The Bertz CT molecular complexity index is 809. The van der Waals surface area contributed by atoms with E-state index in [2.05, 4.69) is 32.3 Å². The van der Waals surface area contributed by atoms with Crippen molar-refractivity contribution in [2.24, 2.45) is 11.8 Å². The summed E-state index contributed by atoms with van der Waals surface area (Å²) >= 11 is 0. The first-order chi connectivity index (χ1) is 13.6. The largest absolute Gasteiger partial charge is 0.396 e. The minimum absolute atomic E-state index is 0.0173. The lowest BCUT2D eigenvalue weighted by molar-refractivity contribution is 0.0454. The van der Waals surface area contributed by atoms with Crippen molar-refractivity contribution in [2.45, 2.75) is 12.8 Å². The summed E-state index contributed by atoms with van der Waals surface area (Å²) in [5.74, 6) is 0.561. The quantitative estimate of drug-likeness (QED) is 0.803. The Morgan fingerprint density at radius 1 is 1.14 bits per heavy atom. The van der Waals surface area contributed by atoms with Gasteiger partial charge in [-0.3, -0.25) is 4.79 Å². The minimum atomic E-state index is 0.0173. The van der Waals surface area contributed by atoms with Gasteiger partial charge in [-0.15, -0.1) is 0 Å². The molecule has 0 spiro atoms. The van der Waals surface area contributed by atoms with Crippen LogP contribution in [0.1, 0.15) is 23.2 Å². The second kappa shape index (κ2) is 8.55. The number of aliphatic hydroxyl groups is 1. The summed E-state index contributed by atoms with van der Waals surface area (Å²) in [6.45, 7) is 6.92. The van der Waals surface area contributed by atoms with E-state index in [0.29, 0.717) is 23.5 Å². The summed E-state index contributed by atoms with van der Waals surface area (Å²) in [4.78, 5) is 20.0. The molecule has 2 aliphatic heterocycles. The molecule has 2 saturated heterocycles. The lowest BCUT2D eigenvalue weighted by Gasteiger charge is -2.39. The molecule has 8 nitrogen and oxygen atoms in total. The maximum absolute atomic E-state index is 13.1. The Morgan fingerprint density at radius 2 is 1.96 bits per heavy atom. The van der Waals surface area contributed by atoms with Gasteiger partial charge in [0, 0.05) is 44.9 Å². The third-order valence-corrected chi connectivity index (χ3v) is 6.06. The van der Waals surface area contributed by atoms with Crippen LogP contribution in [0.4, 0.5) is 0 Å². The van der Waals surface area contributed by atoms with Crippen molar-refractivity contribution < 1.29 is 9.90 Å². The highest BCUT2D eigenvalue weighted by Gasteiger charge is 2.31. The highest BCUT2D eigenvalue weighted by Crippen LogP contribution is 2.25. The molecule has 2 aromatic rings. The number of carbonyl (C=O) groups is 1. The monoisotopic (exact) mass is 386 g/mol. The molecule has 0 aliphatic carbocycles. The highest BCUT2D eigenvalue weighted by molar-refractivity contribution is 5.97. The van der Waals surface area contributed by atoms with Gasteiger partial charge in [0.15, 0.2) is 0 Å². The van der Waals surface area contributed by atoms with Crippen LogP contribution in [-0.4, -0.2) is 101 Å². The van der Waals surface area contributed by atoms with E-state index in [1.807, 2.05) is 17.0 Å². The van der Waals surface area contributed by atoms with Crippen LogP contribution in [0, 0.1) is 11.8 Å². The number of piperidine rings is 1. The average molecular weight is 387 g/mol. The fourth-order valence-corrected chi connectivity index (χ4v) is 4.55. The number of likely N-dealkylation sites (tertiary alicyclic amines) is 1. The number of rotatable bonds is 4. The van der Waals surface area contributed by atoms with Crippen LogP contribution in [0.3, 0.4) is 0 Å². The number of aromatic amines is 1. The van der Waals surface area contributed by atoms with Gasteiger partial charge in [0.1, 0.15) is 11.0 Å². The Balaban J connectivity index is 1.44. The zero-order valence-electron chi connectivity index (χ0n) is 16.5. The van der Waals surface area contributed by atoms with Gasteiger partial charge in [-0.1, -0.05) is 0 Å². The van der Waals surface area contributed by atoms with E-state index in [1.54, 1.807) is 6.07 Å². The van der Waals surface area contributed by atoms with Crippen LogP contribution < -0.4 is 0 Å². The number of fused-ring (bicyclic) bond motifs is 1. The molecule has 2 N–H and O–H groups in total. The summed E-state index contributed by atoms with van der Waals surface area (Å²) in [5.41, 5.74) is 2.09. The molecule has 2 fully saturated rings. The molecule has 2 unspecified atom stereocenters. The minimum Gasteiger partial charge on any atom is -0.396 e. The first kappa shape index (κ1) is 19.3. The van der Waals surface area contributed by atoms with Gasteiger partial charge in [0.2, 0.25) is 0 Å². The molecule has 0 bridgehead atoms. The fraction of sp³-hybridized carbons (Fsp3) is 0.650. The number of hydrogen-bond acceptors (Lipinski definition) is 6. The zero-order valence-corrected chi connectivity index (χ0v) is 16.5. The summed E-state index contributed by atoms with van der Waals surface area (Å²) < 4.78 is 0. The number of hydrogen-bond donors (Lipinski definition) is 2. The molecule has 1 amide bonds. The summed E-state index contributed by atoms with van der Waals surface area (Å²) in [6, 6.07) is 5.43. The van der Waals surface area contributed by atoms with Gasteiger partial charge >= 0.3 is 0 Å². The molecule has 1 aromatic carbocycles. The van der Waals surface area contributed by atoms with Crippen molar-refractivity contribution in [3.63, 3.8) is 0 Å². The van der Waals surface area contributed by atoms with E-state index >= 15 is 0 Å².